The predicted molar refractivity (Wildman–Crippen MR) is 161 cm³/mol. The van der Waals surface area contributed by atoms with Crippen molar-refractivity contribution in [3.8, 4) is 34.5 Å². The van der Waals surface area contributed by atoms with Crippen molar-refractivity contribution in [2.75, 3.05) is 7.11 Å². The molecule has 0 radical (unpaired) electrons. The molecule has 1 aliphatic rings. The lowest BCUT2D eigenvalue weighted by Crippen LogP contribution is -2.23. The fourth-order valence-electron chi connectivity index (χ4n) is 5.36. The molecule has 0 saturated heterocycles. The molecule has 4 aromatic carbocycles. The lowest BCUT2D eigenvalue weighted by molar-refractivity contribution is 0.0841. The van der Waals surface area contributed by atoms with Crippen molar-refractivity contribution in [1.82, 2.24) is 0 Å². The minimum atomic E-state index is -0.656. The molecule has 0 fully saturated rings. The Hall–Kier alpha value is -4.95. The van der Waals surface area contributed by atoms with Crippen LogP contribution in [-0.2, 0) is 6.42 Å². The molecule has 222 valence electrons. The third kappa shape index (κ3) is 6.76. The summed E-state index contributed by atoms with van der Waals surface area (Å²) < 4.78 is 11.9. The number of phenols is 4. The van der Waals surface area contributed by atoms with Gasteiger partial charge >= 0.3 is 0 Å². The van der Waals surface area contributed by atoms with Gasteiger partial charge in [-0.15, -0.1) is 0 Å². The maximum atomic E-state index is 13.5. The van der Waals surface area contributed by atoms with Crippen molar-refractivity contribution in [3.63, 3.8) is 0 Å². The Morgan fingerprint density at radius 3 is 2.14 bits per heavy atom. The van der Waals surface area contributed by atoms with Crippen LogP contribution in [0.15, 0.2) is 91.0 Å². The minimum Gasteiger partial charge on any atom is -0.508 e. The van der Waals surface area contributed by atoms with Gasteiger partial charge in [0.05, 0.1) is 19.6 Å². The Kier molecular flexibility index (Phi) is 8.87. The normalized spacial score (nSPS) is 16.0. The van der Waals surface area contributed by atoms with Crippen molar-refractivity contribution < 1.29 is 39.8 Å². The average Bonchev–Trinajstić information content (AvgIpc) is 3.00. The monoisotopic (exact) mass is 582 g/mol. The number of ether oxygens (including phenoxy) is 2. The summed E-state index contributed by atoms with van der Waals surface area (Å²) in [5, 5.41) is 51.2. The first-order valence-corrected chi connectivity index (χ1v) is 14.1. The summed E-state index contributed by atoms with van der Waals surface area (Å²) in [6.07, 6.45) is 3.91. The van der Waals surface area contributed by atoms with E-state index in [4.69, 9.17) is 9.47 Å². The number of aryl methyl sites for hydroxylation is 1. The van der Waals surface area contributed by atoms with Crippen LogP contribution in [0.25, 0.3) is 0 Å². The van der Waals surface area contributed by atoms with Gasteiger partial charge in [0, 0.05) is 17.5 Å². The van der Waals surface area contributed by atoms with E-state index in [-0.39, 0.29) is 52.3 Å². The maximum absolute atomic E-state index is 13.5. The van der Waals surface area contributed by atoms with Gasteiger partial charge in [0.2, 0.25) is 0 Å². The number of fused-ring (bicyclic) bond motifs is 1. The van der Waals surface area contributed by atoms with Gasteiger partial charge in [0.1, 0.15) is 46.2 Å². The average molecular weight is 583 g/mol. The minimum absolute atomic E-state index is 0.0469. The van der Waals surface area contributed by atoms with Crippen LogP contribution in [0, 0.1) is 0 Å². The van der Waals surface area contributed by atoms with E-state index < -0.39 is 18.1 Å². The molecule has 4 aromatic rings. The molecule has 0 unspecified atom stereocenters. The fourth-order valence-corrected chi connectivity index (χ4v) is 5.36. The number of hydrogen-bond donors (Lipinski definition) is 5. The molecule has 0 spiro atoms. The Balaban J connectivity index is 1.49. The summed E-state index contributed by atoms with van der Waals surface area (Å²) in [5.74, 6) is -0.191. The number of aliphatic hydroxyl groups excluding tert-OH is 1. The zero-order valence-electron chi connectivity index (χ0n) is 23.7. The topological polar surface area (TPSA) is 137 Å². The van der Waals surface area contributed by atoms with Crippen LogP contribution in [0.1, 0.15) is 63.9 Å². The van der Waals surface area contributed by atoms with Crippen LogP contribution in [0.4, 0.5) is 0 Å². The lowest BCUT2D eigenvalue weighted by Gasteiger charge is -2.31. The maximum Gasteiger partial charge on any atom is 0.174 e. The molecule has 8 nitrogen and oxygen atoms in total. The summed E-state index contributed by atoms with van der Waals surface area (Å²) in [7, 11) is 1.42. The Morgan fingerprint density at radius 2 is 1.51 bits per heavy atom. The van der Waals surface area contributed by atoms with Crippen LogP contribution >= 0.6 is 0 Å². The first-order chi connectivity index (χ1) is 20.7. The molecule has 5 N–H and O–H groups in total. The van der Waals surface area contributed by atoms with Crippen LogP contribution < -0.4 is 9.47 Å². The van der Waals surface area contributed by atoms with Crippen molar-refractivity contribution in [1.29, 1.82) is 0 Å². The van der Waals surface area contributed by atoms with Gasteiger partial charge in [0.15, 0.2) is 5.78 Å². The van der Waals surface area contributed by atoms with Gasteiger partial charge in [-0.1, -0.05) is 48.6 Å². The molecule has 0 saturated carbocycles. The Morgan fingerprint density at radius 1 is 0.907 bits per heavy atom. The van der Waals surface area contributed by atoms with Gasteiger partial charge in [-0.05, 0) is 72.4 Å². The SMILES string of the molecule is COc1cc(O)c([C@@H](/C=C/C[C@@H](O)CCc2ccc(O)cc2)c2ccc(O)cc2)c2c1C(=O)C[C@H](c1ccc(O)cc1)O2. The first kappa shape index (κ1) is 29.5. The Labute approximate surface area is 249 Å². The van der Waals surface area contributed by atoms with Gasteiger partial charge in [-0.25, -0.2) is 0 Å². The standard InChI is InChI=1S/C35H34O8/c1-42-32-20-29(40)33(35-34(32)30(41)19-31(43-35)23-10-17-27(39)18-11-23)28(22-8-15-26(38)16-9-22)4-2-3-24(36)12-5-21-6-13-25(37)14-7-21/h2,4,6-11,13-18,20,24,28,31,36-40H,3,5,12,19H2,1H3/b4-2+/t24-,28+,31-/m1/s1. The van der Waals surface area contributed by atoms with E-state index in [9.17, 15) is 30.3 Å². The predicted octanol–water partition coefficient (Wildman–Crippen LogP) is 6.30. The van der Waals surface area contributed by atoms with Crippen molar-refractivity contribution in [2.45, 2.75) is 43.8 Å². The highest BCUT2D eigenvalue weighted by atomic mass is 16.5. The molecule has 1 aliphatic heterocycles. The quantitative estimate of drug-likeness (QED) is 0.138. The zero-order chi connectivity index (χ0) is 30.5. The van der Waals surface area contributed by atoms with E-state index in [1.54, 1.807) is 48.5 Å². The number of benzene rings is 4. The molecular weight excluding hydrogens is 548 g/mol. The number of hydrogen-bond acceptors (Lipinski definition) is 8. The van der Waals surface area contributed by atoms with E-state index >= 15 is 0 Å². The number of carbonyl (C=O) groups excluding carboxylic acids is 1. The molecule has 8 heteroatoms. The van der Waals surface area contributed by atoms with E-state index in [1.165, 1.54) is 25.3 Å². The van der Waals surface area contributed by atoms with Gasteiger partial charge < -0.3 is 35.0 Å². The van der Waals surface area contributed by atoms with Gasteiger partial charge in [-0.3, -0.25) is 4.79 Å². The molecule has 0 aromatic heterocycles. The smallest absolute Gasteiger partial charge is 0.174 e. The van der Waals surface area contributed by atoms with E-state index in [1.807, 2.05) is 24.3 Å². The highest BCUT2D eigenvalue weighted by molar-refractivity contribution is 6.03. The second-order valence-electron chi connectivity index (χ2n) is 10.6. The number of aromatic hydroxyl groups is 4. The van der Waals surface area contributed by atoms with Gasteiger partial charge in [-0.2, -0.15) is 0 Å². The number of allylic oxidation sites excluding steroid dienone is 1. The molecule has 43 heavy (non-hydrogen) atoms. The highest BCUT2D eigenvalue weighted by Gasteiger charge is 2.36. The lowest BCUT2D eigenvalue weighted by atomic mass is 9.85. The number of phenolic OH excluding ortho intramolecular Hbond substituents is 4. The summed E-state index contributed by atoms with van der Waals surface area (Å²) in [6.45, 7) is 0. The second-order valence-corrected chi connectivity index (χ2v) is 10.6. The molecule has 5 rings (SSSR count). The van der Waals surface area contributed by atoms with E-state index in [0.717, 1.165) is 11.1 Å². The molecule has 1 heterocycles. The van der Waals surface area contributed by atoms with Crippen LogP contribution in [0.3, 0.4) is 0 Å². The number of Topliss-reactive ketones (excluding diaryl/α,β-unsaturated/α-hetero) is 1. The molecule has 0 amide bonds. The number of ketones is 1. The summed E-state index contributed by atoms with van der Waals surface area (Å²) in [6, 6.07) is 21.2. The number of carbonyl (C=O) groups is 1. The second kappa shape index (κ2) is 12.9. The molecular formula is C35H34O8. The van der Waals surface area contributed by atoms with Crippen LogP contribution in [-0.4, -0.2) is 44.5 Å². The van der Waals surface area contributed by atoms with Crippen LogP contribution in [0.2, 0.25) is 0 Å². The van der Waals surface area contributed by atoms with Crippen LogP contribution in [0.5, 0.6) is 34.5 Å². The highest BCUT2D eigenvalue weighted by Crippen LogP contribution is 2.50. The van der Waals surface area contributed by atoms with Crippen molar-refractivity contribution in [2.24, 2.45) is 0 Å². The summed E-state index contributed by atoms with van der Waals surface area (Å²) >= 11 is 0. The van der Waals surface area contributed by atoms with Gasteiger partial charge in [0.25, 0.3) is 0 Å². The first-order valence-electron chi connectivity index (χ1n) is 14.1. The summed E-state index contributed by atoms with van der Waals surface area (Å²) in [5.41, 5.74) is 3.00. The largest absolute Gasteiger partial charge is 0.508 e. The number of rotatable bonds is 10. The van der Waals surface area contributed by atoms with E-state index in [0.29, 0.717) is 30.4 Å². The van der Waals surface area contributed by atoms with E-state index in [2.05, 4.69) is 0 Å². The third-order valence-electron chi connectivity index (χ3n) is 7.66. The number of methoxy groups -OCH3 is 1. The molecule has 3 atom stereocenters. The zero-order valence-corrected chi connectivity index (χ0v) is 23.7. The fraction of sp³-hybridized carbons (Fsp3) is 0.229. The van der Waals surface area contributed by atoms with Crippen molar-refractivity contribution >= 4 is 5.78 Å². The summed E-state index contributed by atoms with van der Waals surface area (Å²) in [4.78, 5) is 13.5. The Bertz CT molecular complexity index is 1590. The number of aliphatic hydroxyl groups is 1. The molecule has 0 aliphatic carbocycles. The molecule has 0 bridgehead atoms. The third-order valence-corrected chi connectivity index (χ3v) is 7.66. The van der Waals surface area contributed by atoms with Crippen molar-refractivity contribution in [3.05, 3.63) is 119 Å².